The van der Waals surface area contributed by atoms with Crippen LogP contribution in [0.15, 0.2) is 34.7 Å². The Kier molecular flexibility index (Phi) is 4.52. The van der Waals surface area contributed by atoms with Crippen LogP contribution in [0.3, 0.4) is 0 Å². The standard InChI is InChI=1S/C18H24N2O2S/c1-18(2,3)23(22)19-15-10-9-14-12-20(17(21)16(14)15)11-13-7-5-4-6-8-13/h4-8,14,16H,9-12H2,1-3H3/t14-,16+,23?/m1/s1. The van der Waals surface area contributed by atoms with Crippen molar-refractivity contribution in [2.45, 2.75) is 44.9 Å². The van der Waals surface area contributed by atoms with Gasteiger partial charge >= 0.3 is 0 Å². The van der Waals surface area contributed by atoms with E-state index < -0.39 is 11.4 Å². The molecule has 124 valence electrons. The number of rotatable bonds is 3. The summed E-state index contributed by atoms with van der Waals surface area (Å²) in [4.78, 5) is 14.7. The van der Waals surface area contributed by atoms with Gasteiger partial charge in [-0.2, -0.15) is 0 Å². The second-order valence-corrected chi connectivity index (χ2v) is 9.33. The number of amides is 1. The molecule has 3 rings (SSSR count). The zero-order valence-corrected chi connectivity index (χ0v) is 14.8. The SMILES string of the molecule is CC(C)(C)[S+]([O-])N=C1CC[C@@H]2CN(Cc3ccccc3)C(=O)[C@H]12. The summed E-state index contributed by atoms with van der Waals surface area (Å²) in [5.74, 6) is 0.341. The van der Waals surface area contributed by atoms with Gasteiger partial charge in [0.1, 0.15) is 16.1 Å². The molecule has 23 heavy (non-hydrogen) atoms. The van der Waals surface area contributed by atoms with Gasteiger partial charge in [-0.25, -0.2) is 0 Å². The molecule has 1 aliphatic carbocycles. The molecule has 1 aromatic carbocycles. The van der Waals surface area contributed by atoms with Gasteiger partial charge in [0.05, 0.1) is 11.6 Å². The summed E-state index contributed by atoms with van der Waals surface area (Å²) in [5.41, 5.74) is 2.00. The molecule has 2 fully saturated rings. The topological polar surface area (TPSA) is 55.7 Å². The molecule has 1 heterocycles. The van der Waals surface area contributed by atoms with Crippen LogP contribution in [0, 0.1) is 11.8 Å². The average Bonchev–Trinajstić information content (AvgIpc) is 3.01. The lowest BCUT2D eigenvalue weighted by Crippen LogP contribution is -2.31. The number of carbonyl (C=O) groups excluding carboxylic acids is 1. The molecule has 1 saturated heterocycles. The molecule has 2 aliphatic rings. The van der Waals surface area contributed by atoms with E-state index in [4.69, 9.17) is 0 Å². The number of carbonyl (C=O) groups is 1. The van der Waals surface area contributed by atoms with E-state index in [1.165, 1.54) is 0 Å². The Balaban J connectivity index is 1.74. The minimum atomic E-state index is -1.28. The number of hydrogen-bond acceptors (Lipinski definition) is 3. The Morgan fingerprint density at radius 1 is 1.30 bits per heavy atom. The Bertz CT molecular complexity index is 609. The molecule has 0 bridgehead atoms. The first-order chi connectivity index (χ1) is 10.9. The molecule has 1 unspecified atom stereocenters. The van der Waals surface area contributed by atoms with Gasteiger partial charge in [0.15, 0.2) is 0 Å². The lowest BCUT2D eigenvalue weighted by Gasteiger charge is -2.20. The zero-order chi connectivity index (χ0) is 16.6. The highest BCUT2D eigenvalue weighted by Crippen LogP contribution is 2.38. The minimum Gasteiger partial charge on any atom is -0.591 e. The van der Waals surface area contributed by atoms with Crippen LogP contribution in [0.1, 0.15) is 39.2 Å². The van der Waals surface area contributed by atoms with Crippen LogP contribution in [-0.2, 0) is 22.7 Å². The largest absolute Gasteiger partial charge is 0.591 e. The molecular weight excluding hydrogens is 308 g/mol. The molecule has 1 amide bonds. The first kappa shape index (κ1) is 16.5. The molecule has 1 saturated carbocycles. The second kappa shape index (κ2) is 6.29. The molecule has 0 spiro atoms. The lowest BCUT2D eigenvalue weighted by molar-refractivity contribution is -0.129. The number of nitrogens with zero attached hydrogens (tertiary/aromatic N) is 2. The van der Waals surface area contributed by atoms with Gasteiger partial charge < -0.3 is 9.45 Å². The van der Waals surface area contributed by atoms with E-state index in [1.54, 1.807) is 0 Å². The Hall–Kier alpha value is -1.33. The smallest absolute Gasteiger partial charge is 0.232 e. The van der Waals surface area contributed by atoms with Crippen LogP contribution in [0.2, 0.25) is 0 Å². The molecule has 1 aliphatic heterocycles. The number of fused-ring (bicyclic) bond motifs is 1. The summed E-state index contributed by atoms with van der Waals surface area (Å²) < 4.78 is 16.3. The summed E-state index contributed by atoms with van der Waals surface area (Å²) >= 11 is -1.28. The number of likely N-dealkylation sites (tertiary alicyclic amines) is 1. The van der Waals surface area contributed by atoms with Crippen LogP contribution >= 0.6 is 0 Å². The molecule has 1 aromatic rings. The minimum absolute atomic E-state index is 0.148. The van der Waals surface area contributed by atoms with Gasteiger partial charge in [0, 0.05) is 13.1 Å². The fourth-order valence-corrected chi connectivity index (χ4v) is 4.02. The maximum absolute atomic E-state index is 12.8. The molecular formula is C18H24N2O2S. The normalized spacial score (nSPS) is 27.6. The highest BCUT2D eigenvalue weighted by molar-refractivity contribution is 7.91. The van der Waals surface area contributed by atoms with E-state index in [0.717, 1.165) is 30.7 Å². The lowest BCUT2D eigenvalue weighted by atomic mass is 9.99. The van der Waals surface area contributed by atoms with Crippen molar-refractivity contribution in [3.05, 3.63) is 35.9 Å². The van der Waals surface area contributed by atoms with Crippen molar-refractivity contribution in [2.75, 3.05) is 6.54 Å². The third kappa shape index (κ3) is 3.45. The van der Waals surface area contributed by atoms with E-state index in [1.807, 2.05) is 56.0 Å². The Morgan fingerprint density at radius 2 is 2.00 bits per heavy atom. The van der Waals surface area contributed by atoms with Gasteiger partial charge in [0.2, 0.25) is 5.91 Å². The predicted octanol–water partition coefficient (Wildman–Crippen LogP) is 2.96. The van der Waals surface area contributed by atoms with Gasteiger partial charge in [-0.3, -0.25) is 4.79 Å². The van der Waals surface area contributed by atoms with Gasteiger partial charge in [0.25, 0.3) is 0 Å². The summed E-state index contributed by atoms with van der Waals surface area (Å²) in [7, 11) is 0. The van der Waals surface area contributed by atoms with Gasteiger partial charge in [-0.1, -0.05) is 34.7 Å². The van der Waals surface area contributed by atoms with Crippen molar-refractivity contribution < 1.29 is 9.35 Å². The van der Waals surface area contributed by atoms with Crippen LogP contribution < -0.4 is 0 Å². The quantitative estimate of drug-likeness (QED) is 0.799. The number of benzene rings is 1. The molecule has 0 aromatic heterocycles. The van der Waals surface area contributed by atoms with Crippen LogP contribution in [0.5, 0.6) is 0 Å². The first-order valence-corrected chi connectivity index (χ1v) is 9.29. The summed E-state index contributed by atoms with van der Waals surface area (Å²) in [6, 6.07) is 10.1. The average molecular weight is 332 g/mol. The summed E-state index contributed by atoms with van der Waals surface area (Å²) in [5, 5.41) is 0. The zero-order valence-electron chi connectivity index (χ0n) is 14.0. The second-order valence-electron chi connectivity index (χ2n) is 7.42. The van der Waals surface area contributed by atoms with Crippen molar-refractivity contribution >= 4 is 23.0 Å². The summed E-state index contributed by atoms with van der Waals surface area (Å²) in [6.07, 6.45) is 1.78. The summed E-state index contributed by atoms with van der Waals surface area (Å²) in [6.45, 7) is 7.19. The van der Waals surface area contributed by atoms with Crippen LogP contribution in [0.4, 0.5) is 0 Å². The molecule has 5 heteroatoms. The maximum atomic E-state index is 12.8. The third-order valence-electron chi connectivity index (χ3n) is 4.57. The van der Waals surface area contributed by atoms with Crippen LogP contribution in [0.25, 0.3) is 0 Å². The third-order valence-corrected chi connectivity index (χ3v) is 6.02. The van der Waals surface area contributed by atoms with Crippen molar-refractivity contribution in [1.82, 2.24) is 4.90 Å². The molecule has 4 nitrogen and oxygen atoms in total. The van der Waals surface area contributed by atoms with Crippen molar-refractivity contribution in [3.63, 3.8) is 0 Å². The van der Waals surface area contributed by atoms with Crippen LogP contribution in [-0.4, -0.2) is 32.4 Å². The van der Waals surface area contributed by atoms with E-state index in [0.29, 0.717) is 12.5 Å². The van der Waals surface area contributed by atoms with Crippen molar-refractivity contribution in [1.29, 1.82) is 0 Å². The van der Waals surface area contributed by atoms with E-state index in [2.05, 4.69) is 4.40 Å². The fourth-order valence-electron chi connectivity index (χ4n) is 3.33. The van der Waals surface area contributed by atoms with E-state index in [9.17, 15) is 9.35 Å². The van der Waals surface area contributed by atoms with Gasteiger partial charge in [-0.15, -0.1) is 0 Å². The fraction of sp³-hybridized carbons (Fsp3) is 0.556. The van der Waals surface area contributed by atoms with Gasteiger partial charge in [-0.05, 0) is 45.1 Å². The molecule has 0 radical (unpaired) electrons. The molecule has 0 N–H and O–H groups in total. The maximum Gasteiger partial charge on any atom is 0.232 e. The predicted molar refractivity (Wildman–Crippen MR) is 93.4 cm³/mol. The highest BCUT2D eigenvalue weighted by Gasteiger charge is 2.48. The van der Waals surface area contributed by atoms with E-state index in [-0.39, 0.29) is 16.6 Å². The molecule has 3 atom stereocenters. The van der Waals surface area contributed by atoms with Crippen molar-refractivity contribution in [2.24, 2.45) is 16.2 Å². The highest BCUT2D eigenvalue weighted by atomic mass is 32.2. The Morgan fingerprint density at radius 3 is 2.65 bits per heavy atom. The van der Waals surface area contributed by atoms with E-state index >= 15 is 0 Å². The first-order valence-electron chi connectivity index (χ1n) is 8.18. The van der Waals surface area contributed by atoms with Crippen molar-refractivity contribution in [3.8, 4) is 0 Å². The monoisotopic (exact) mass is 332 g/mol. The Labute approximate surface area is 141 Å². The number of hydrogen-bond donors (Lipinski definition) is 0.